The van der Waals surface area contributed by atoms with Gasteiger partial charge < -0.3 is 25.2 Å². The summed E-state index contributed by atoms with van der Waals surface area (Å²) in [6.45, 7) is 5.12. The molecule has 2 amide bonds. The number of amides is 2. The first-order chi connectivity index (χ1) is 11.6. The van der Waals surface area contributed by atoms with Gasteiger partial charge >= 0.3 is 11.8 Å². The maximum atomic E-state index is 11.9. The Morgan fingerprint density at radius 2 is 1.79 bits per heavy atom. The maximum absolute atomic E-state index is 11.9. The quantitative estimate of drug-likeness (QED) is 0.466. The fourth-order valence-electron chi connectivity index (χ4n) is 2.56. The summed E-state index contributed by atoms with van der Waals surface area (Å²) in [5.74, 6) is -1.23. The van der Waals surface area contributed by atoms with E-state index in [1.165, 1.54) is 4.90 Å². The van der Waals surface area contributed by atoms with E-state index in [4.69, 9.17) is 4.74 Å². The zero-order valence-corrected chi connectivity index (χ0v) is 14.4. The van der Waals surface area contributed by atoms with Crippen molar-refractivity contribution in [3.05, 3.63) is 24.3 Å². The molecule has 7 nitrogen and oxygen atoms in total. The Hall–Kier alpha value is -2.12. The second-order valence-electron chi connectivity index (χ2n) is 6.12. The Bertz CT molecular complexity index is 539. The van der Waals surface area contributed by atoms with Crippen molar-refractivity contribution >= 4 is 23.2 Å². The van der Waals surface area contributed by atoms with Gasteiger partial charge in [-0.1, -0.05) is 0 Å². The van der Waals surface area contributed by atoms with Crippen LogP contribution in [0.3, 0.4) is 0 Å². The van der Waals surface area contributed by atoms with Crippen LogP contribution < -0.4 is 20.4 Å². The number of nitrogens with one attached hydrogen (secondary N) is 3. The van der Waals surface area contributed by atoms with Crippen molar-refractivity contribution in [2.45, 2.75) is 6.42 Å². The van der Waals surface area contributed by atoms with Crippen molar-refractivity contribution in [1.29, 1.82) is 0 Å². The lowest BCUT2D eigenvalue weighted by Gasteiger charge is -2.23. The van der Waals surface area contributed by atoms with Gasteiger partial charge in [0.15, 0.2) is 0 Å². The predicted molar refractivity (Wildman–Crippen MR) is 93.4 cm³/mol. The monoisotopic (exact) mass is 335 g/mol. The van der Waals surface area contributed by atoms with Gasteiger partial charge in [0.2, 0.25) is 0 Å². The summed E-state index contributed by atoms with van der Waals surface area (Å²) in [4.78, 5) is 27.1. The minimum absolute atomic E-state index is 0.510. The number of nitrogens with zero attached hydrogens (tertiary/aromatic N) is 1. The molecule has 1 aliphatic heterocycles. The minimum atomic E-state index is -0.633. The summed E-state index contributed by atoms with van der Waals surface area (Å²) in [5.41, 5.74) is 1.64. The van der Waals surface area contributed by atoms with E-state index in [1.807, 2.05) is 31.1 Å². The van der Waals surface area contributed by atoms with Crippen molar-refractivity contribution in [1.82, 2.24) is 5.32 Å². The molecule has 0 aliphatic carbocycles. The lowest BCUT2D eigenvalue weighted by atomic mass is 10.2. The van der Waals surface area contributed by atoms with Gasteiger partial charge in [0.25, 0.3) is 0 Å². The van der Waals surface area contributed by atoms with Crippen molar-refractivity contribution in [3.8, 4) is 0 Å². The van der Waals surface area contributed by atoms with Crippen LogP contribution >= 0.6 is 0 Å². The van der Waals surface area contributed by atoms with Gasteiger partial charge in [0, 0.05) is 38.4 Å². The first-order valence-corrected chi connectivity index (χ1v) is 8.34. The third-order valence-corrected chi connectivity index (χ3v) is 4.04. The van der Waals surface area contributed by atoms with Gasteiger partial charge in [-0.05, 0) is 24.3 Å². The van der Waals surface area contributed by atoms with Gasteiger partial charge in [-0.25, -0.2) is 0 Å². The molecule has 7 heteroatoms. The van der Waals surface area contributed by atoms with E-state index in [0.717, 1.165) is 45.0 Å². The van der Waals surface area contributed by atoms with Crippen LogP contribution in [-0.4, -0.2) is 65.3 Å². The summed E-state index contributed by atoms with van der Waals surface area (Å²) in [7, 11) is 3.89. The van der Waals surface area contributed by atoms with Gasteiger partial charge in [0.05, 0.1) is 19.8 Å². The summed E-state index contributed by atoms with van der Waals surface area (Å²) in [6, 6.07) is 7.34. The van der Waals surface area contributed by atoms with Crippen LogP contribution in [0.1, 0.15) is 6.42 Å². The van der Waals surface area contributed by atoms with Crippen LogP contribution in [0, 0.1) is 0 Å². The minimum Gasteiger partial charge on any atom is -0.378 e. The average Bonchev–Trinajstić information content (AvgIpc) is 2.60. The standard InChI is InChI=1S/C17H26N4O3/c1-20(2)15-6-4-14(5-7-15)19-17(23)16(22)18-8-3-9-21-10-12-24-13-11-21/h4-7H,3,8-13H2,1-2H3,(H,18,22)(H,19,23)/p+1. The highest BCUT2D eigenvalue weighted by molar-refractivity contribution is 6.39. The SMILES string of the molecule is CN(C)c1ccc(NC(=O)C(=O)NCCC[NH+]2CCOCC2)cc1. The molecular formula is C17H27N4O3+. The molecule has 24 heavy (non-hydrogen) atoms. The average molecular weight is 335 g/mol. The van der Waals surface area contributed by atoms with Crippen LogP contribution in [0.15, 0.2) is 24.3 Å². The summed E-state index contributed by atoms with van der Waals surface area (Å²) in [5, 5.41) is 5.27. The summed E-state index contributed by atoms with van der Waals surface area (Å²) >= 11 is 0. The molecule has 0 bridgehead atoms. The fourth-order valence-corrected chi connectivity index (χ4v) is 2.56. The molecule has 0 atom stereocenters. The molecule has 0 aromatic heterocycles. The molecule has 132 valence electrons. The highest BCUT2D eigenvalue weighted by Gasteiger charge is 2.15. The van der Waals surface area contributed by atoms with Gasteiger partial charge in [-0.3, -0.25) is 9.59 Å². The first kappa shape index (κ1) is 18.2. The number of hydrogen-bond acceptors (Lipinski definition) is 4. The molecule has 3 N–H and O–H groups in total. The molecule has 1 aliphatic rings. The van der Waals surface area contributed by atoms with Gasteiger partial charge in [-0.15, -0.1) is 0 Å². The van der Waals surface area contributed by atoms with E-state index in [-0.39, 0.29) is 0 Å². The normalized spacial score (nSPS) is 14.9. The zero-order chi connectivity index (χ0) is 17.4. The Morgan fingerprint density at radius 3 is 2.42 bits per heavy atom. The number of quaternary nitrogens is 1. The second kappa shape index (κ2) is 9.24. The molecule has 2 rings (SSSR count). The number of ether oxygens (including phenoxy) is 1. The van der Waals surface area contributed by atoms with Crippen molar-refractivity contribution in [2.75, 3.05) is 63.7 Å². The molecule has 1 aromatic rings. The van der Waals surface area contributed by atoms with Crippen molar-refractivity contribution in [3.63, 3.8) is 0 Å². The second-order valence-corrected chi connectivity index (χ2v) is 6.12. The van der Waals surface area contributed by atoms with E-state index in [9.17, 15) is 9.59 Å². The molecule has 1 aromatic carbocycles. The number of carbonyl (C=O) groups excluding carboxylic acids is 2. The lowest BCUT2D eigenvalue weighted by Crippen LogP contribution is -3.14. The Kier molecular flexibility index (Phi) is 7.02. The van der Waals surface area contributed by atoms with E-state index in [0.29, 0.717) is 12.2 Å². The van der Waals surface area contributed by atoms with Crippen LogP contribution in [0.2, 0.25) is 0 Å². The summed E-state index contributed by atoms with van der Waals surface area (Å²) in [6.07, 6.45) is 0.853. The third-order valence-electron chi connectivity index (χ3n) is 4.04. The zero-order valence-electron chi connectivity index (χ0n) is 14.4. The van der Waals surface area contributed by atoms with Gasteiger partial charge in [-0.2, -0.15) is 0 Å². The molecule has 0 unspecified atom stereocenters. The Balaban J connectivity index is 1.67. The number of benzene rings is 1. The Morgan fingerprint density at radius 1 is 1.12 bits per heavy atom. The van der Waals surface area contributed by atoms with Crippen LogP contribution in [0.4, 0.5) is 11.4 Å². The highest BCUT2D eigenvalue weighted by atomic mass is 16.5. The molecule has 0 saturated carbocycles. The third kappa shape index (κ3) is 5.82. The molecule has 0 spiro atoms. The Labute approximate surface area is 142 Å². The highest BCUT2D eigenvalue weighted by Crippen LogP contribution is 2.15. The van der Waals surface area contributed by atoms with E-state index >= 15 is 0 Å². The predicted octanol–water partition coefficient (Wildman–Crippen LogP) is -0.887. The van der Waals surface area contributed by atoms with Crippen molar-refractivity contribution < 1.29 is 19.2 Å². The van der Waals surface area contributed by atoms with E-state index in [1.54, 1.807) is 12.1 Å². The van der Waals surface area contributed by atoms with Crippen molar-refractivity contribution in [2.24, 2.45) is 0 Å². The number of carbonyl (C=O) groups is 2. The van der Waals surface area contributed by atoms with Gasteiger partial charge in [0.1, 0.15) is 13.1 Å². The number of anilines is 2. The maximum Gasteiger partial charge on any atom is 0.313 e. The molecule has 0 radical (unpaired) electrons. The number of morpholine rings is 1. The largest absolute Gasteiger partial charge is 0.378 e. The lowest BCUT2D eigenvalue weighted by molar-refractivity contribution is -0.908. The van der Waals surface area contributed by atoms with Crippen LogP contribution in [0.25, 0.3) is 0 Å². The smallest absolute Gasteiger partial charge is 0.313 e. The van der Waals surface area contributed by atoms with Crippen LogP contribution in [0.5, 0.6) is 0 Å². The first-order valence-electron chi connectivity index (χ1n) is 8.34. The number of hydrogen-bond donors (Lipinski definition) is 3. The number of rotatable bonds is 6. The fraction of sp³-hybridized carbons (Fsp3) is 0.529. The van der Waals surface area contributed by atoms with Crippen LogP contribution in [-0.2, 0) is 14.3 Å². The van der Waals surface area contributed by atoms with E-state index < -0.39 is 11.8 Å². The topological polar surface area (TPSA) is 75.1 Å². The molecule has 1 saturated heterocycles. The molecule has 1 fully saturated rings. The molecular weight excluding hydrogens is 308 g/mol. The summed E-state index contributed by atoms with van der Waals surface area (Å²) < 4.78 is 5.31. The molecule has 1 heterocycles. The van der Waals surface area contributed by atoms with E-state index in [2.05, 4.69) is 10.6 Å².